The summed E-state index contributed by atoms with van der Waals surface area (Å²) in [4.78, 5) is 3.46. The third kappa shape index (κ3) is 3.13. The molecule has 1 heteroatoms. The number of aryl methyl sites for hydroxylation is 1. The van der Waals surface area contributed by atoms with Gasteiger partial charge in [0.1, 0.15) is 0 Å². The van der Waals surface area contributed by atoms with Crippen LogP contribution in [0.15, 0.2) is 12.3 Å². The molecule has 0 fully saturated rings. The van der Waals surface area contributed by atoms with Gasteiger partial charge in [-0.25, -0.2) is 0 Å². The zero-order valence-electron chi connectivity index (χ0n) is 10.6. The first-order chi connectivity index (χ1) is 7.90. The van der Waals surface area contributed by atoms with E-state index in [4.69, 9.17) is 0 Å². The van der Waals surface area contributed by atoms with Crippen molar-refractivity contribution in [2.75, 3.05) is 0 Å². The maximum atomic E-state index is 3.46. The van der Waals surface area contributed by atoms with Gasteiger partial charge in [-0.15, -0.1) is 0 Å². The molecule has 1 nitrogen and oxygen atoms in total. The molecule has 0 unspecified atom stereocenters. The molecule has 2 bridgehead atoms. The summed E-state index contributed by atoms with van der Waals surface area (Å²) in [5, 5.41) is 0. The Bertz CT molecular complexity index is 300. The second-order valence-corrected chi connectivity index (χ2v) is 5.25. The number of hydrogen-bond acceptors (Lipinski definition) is 0. The van der Waals surface area contributed by atoms with Gasteiger partial charge in [-0.05, 0) is 43.2 Å². The average molecular weight is 219 g/mol. The molecule has 0 saturated carbocycles. The van der Waals surface area contributed by atoms with Gasteiger partial charge >= 0.3 is 0 Å². The van der Waals surface area contributed by atoms with Crippen molar-refractivity contribution in [3.63, 3.8) is 0 Å². The van der Waals surface area contributed by atoms with Gasteiger partial charge < -0.3 is 4.98 Å². The lowest BCUT2D eigenvalue weighted by Gasteiger charge is -2.16. The molecule has 1 aliphatic rings. The molecule has 0 spiro atoms. The van der Waals surface area contributed by atoms with E-state index in [2.05, 4.69) is 24.2 Å². The van der Waals surface area contributed by atoms with Crippen LogP contribution in [0, 0.1) is 0 Å². The van der Waals surface area contributed by atoms with Crippen LogP contribution in [-0.4, -0.2) is 4.98 Å². The number of unbranched alkanes of at least 4 members (excludes halogenated alkanes) is 1. The molecule has 90 valence electrons. The molecule has 1 N–H and O–H groups in total. The lowest BCUT2D eigenvalue weighted by Crippen LogP contribution is -1.99. The lowest BCUT2D eigenvalue weighted by molar-refractivity contribution is 0.504. The monoisotopic (exact) mass is 219 g/mol. The number of hydrogen-bond donors (Lipinski definition) is 1. The van der Waals surface area contributed by atoms with Crippen molar-refractivity contribution in [2.24, 2.45) is 0 Å². The normalized spacial score (nSPS) is 21.9. The van der Waals surface area contributed by atoms with Crippen LogP contribution in [0.2, 0.25) is 0 Å². The van der Waals surface area contributed by atoms with Gasteiger partial charge in [0.25, 0.3) is 0 Å². The minimum atomic E-state index is 0.822. The van der Waals surface area contributed by atoms with E-state index in [-0.39, 0.29) is 0 Å². The van der Waals surface area contributed by atoms with E-state index in [1.165, 1.54) is 63.5 Å². The summed E-state index contributed by atoms with van der Waals surface area (Å²) in [6.07, 6.45) is 14.6. The van der Waals surface area contributed by atoms with E-state index < -0.39 is 0 Å². The van der Waals surface area contributed by atoms with Crippen LogP contribution in [0.3, 0.4) is 0 Å². The Kier molecular flexibility index (Phi) is 4.50. The molecule has 1 aromatic heterocycles. The van der Waals surface area contributed by atoms with Gasteiger partial charge in [0.2, 0.25) is 0 Å². The summed E-state index contributed by atoms with van der Waals surface area (Å²) < 4.78 is 0. The fourth-order valence-corrected chi connectivity index (χ4v) is 2.83. The van der Waals surface area contributed by atoms with Gasteiger partial charge in [-0.2, -0.15) is 0 Å². The highest BCUT2D eigenvalue weighted by Gasteiger charge is 2.13. The molecule has 2 rings (SSSR count). The Morgan fingerprint density at radius 2 is 2.12 bits per heavy atom. The van der Waals surface area contributed by atoms with E-state index in [0.29, 0.717) is 0 Å². The van der Waals surface area contributed by atoms with Crippen molar-refractivity contribution in [3.05, 3.63) is 23.5 Å². The molecule has 0 radical (unpaired) electrons. The Morgan fingerprint density at radius 1 is 1.25 bits per heavy atom. The molecule has 0 amide bonds. The van der Waals surface area contributed by atoms with Crippen LogP contribution in [0.4, 0.5) is 0 Å². The largest absolute Gasteiger partial charge is 0.365 e. The number of fused-ring (bicyclic) bond motifs is 2. The first-order valence-corrected chi connectivity index (χ1v) is 7.07. The maximum absolute atomic E-state index is 3.46. The van der Waals surface area contributed by atoms with Gasteiger partial charge in [0, 0.05) is 11.9 Å². The third-order valence-electron chi connectivity index (χ3n) is 3.89. The average Bonchev–Trinajstić information content (AvgIpc) is 2.75. The standard InChI is InChI=1S/C15H25N/c1-2-3-8-13-9-6-4-5-7-10-15-11-14(13)12-16-15/h11-13,16H,2-10H2,1H3/t13-/m1/s1. The van der Waals surface area contributed by atoms with Crippen molar-refractivity contribution < 1.29 is 0 Å². The maximum Gasteiger partial charge on any atom is 0.0150 e. The van der Waals surface area contributed by atoms with Crippen molar-refractivity contribution >= 4 is 0 Å². The number of H-pyrrole nitrogens is 1. The van der Waals surface area contributed by atoms with E-state index in [1.807, 2.05) is 0 Å². The van der Waals surface area contributed by atoms with Crippen LogP contribution in [0.5, 0.6) is 0 Å². The highest BCUT2D eigenvalue weighted by Crippen LogP contribution is 2.30. The van der Waals surface area contributed by atoms with Gasteiger partial charge in [0.05, 0.1) is 0 Å². The highest BCUT2D eigenvalue weighted by atomic mass is 14.7. The van der Waals surface area contributed by atoms with Gasteiger partial charge in [0.15, 0.2) is 0 Å². The number of rotatable bonds is 3. The molecular formula is C15H25N. The quantitative estimate of drug-likeness (QED) is 0.752. The topological polar surface area (TPSA) is 15.8 Å². The minimum absolute atomic E-state index is 0.822. The smallest absolute Gasteiger partial charge is 0.0150 e. The summed E-state index contributed by atoms with van der Waals surface area (Å²) in [6, 6.07) is 2.42. The molecule has 0 aliphatic heterocycles. The first kappa shape index (κ1) is 11.8. The fraction of sp³-hybridized carbons (Fsp3) is 0.733. The zero-order valence-corrected chi connectivity index (χ0v) is 10.6. The van der Waals surface area contributed by atoms with E-state index in [9.17, 15) is 0 Å². The van der Waals surface area contributed by atoms with Crippen molar-refractivity contribution in [3.8, 4) is 0 Å². The second-order valence-electron chi connectivity index (χ2n) is 5.25. The van der Waals surface area contributed by atoms with Gasteiger partial charge in [-0.1, -0.05) is 39.0 Å². The predicted molar refractivity (Wildman–Crippen MR) is 69.8 cm³/mol. The number of aromatic nitrogens is 1. The summed E-state index contributed by atoms with van der Waals surface area (Å²) in [5.74, 6) is 0.822. The Hall–Kier alpha value is -0.720. The zero-order chi connectivity index (χ0) is 11.2. The molecule has 0 aromatic carbocycles. The molecule has 1 aromatic rings. The summed E-state index contributed by atoms with van der Waals surface area (Å²) in [7, 11) is 0. The SMILES string of the molecule is CCCC[C@@H]1CCCCCCc2cc1c[nH]2. The van der Waals surface area contributed by atoms with Crippen molar-refractivity contribution in [1.82, 2.24) is 4.98 Å². The van der Waals surface area contributed by atoms with E-state index in [1.54, 1.807) is 5.56 Å². The third-order valence-corrected chi connectivity index (χ3v) is 3.89. The predicted octanol–water partition coefficient (Wildman–Crippen LogP) is 4.80. The molecule has 0 saturated heterocycles. The molecular weight excluding hydrogens is 194 g/mol. The minimum Gasteiger partial charge on any atom is -0.365 e. The van der Waals surface area contributed by atoms with Gasteiger partial charge in [-0.3, -0.25) is 0 Å². The summed E-state index contributed by atoms with van der Waals surface area (Å²) in [6.45, 7) is 2.29. The van der Waals surface area contributed by atoms with Crippen LogP contribution in [0.1, 0.15) is 75.5 Å². The van der Waals surface area contributed by atoms with Crippen molar-refractivity contribution in [2.45, 2.75) is 70.6 Å². The van der Waals surface area contributed by atoms with Crippen LogP contribution < -0.4 is 0 Å². The molecule has 16 heavy (non-hydrogen) atoms. The summed E-state index contributed by atoms with van der Waals surface area (Å²) >= 11 is 0. The number of aromatic amines is 1. The molecule has 1 heterocycles. The van der Waals surface area contributed by atoms with Crippen LogP contribution in [0.25, 0.3) is 0 Å². The Balaban J connectivity index is 2.05. The fourth-order valence-electron chi connectivity index (χ4n) is 2.83. The van der Waals surface area contributed by atoms with E-state index >= 15 is 0 Å². The molecule has 1 atom stereocenters. The molecule has 1 aliphatic carbocycles. The lowest BCUT2D eigenvalue weighted by atomic mass is 9.89. The number of nitrogens with one attached hydrogen (secondary N) is 1. The summed E-state index contributed by atoms with van der Waals surface area (Å²) in [5.41, 5.74) is 3.03. The van der Waals surface area contributed by atoms with Crippen molar-refractivity contribution in [1.29, 1.82) is 0 Å². The van der Waals surface area contributed by atoms with E-state index in [0.717, 1.165) is 5.92 Å². The van der Waals surface area contributed by atoms with Crippen LogP contribution in [-0.2, 0) is 6.42 Å². The Morgan fingerprint density at radius 3 is 3.00 bits per heavy atom. The first-order valence-electron chi connectivity index (χ1n) is 7.07. The highest BCUT2D eigenvalue weighted by molar-refractivity contribution is 5.21. The van der Waals surface area contributed by atoms with Crippen LogP contribution >= 0.6 is 0 Å². The Labute approximate surface area is 99.6 Å². The second kappa shape index (κ2) is 6.12.